The van der Waals surface area contributed by atoms with Gasteiger partial charge in [-0.05, 0) is 37.5 Å². The Balaban J connectivity index is 1.40. The first-order valence-electron chi connectivity index (χ1n) is 10.2. The lowest BCUT2D eigenvalue weighted by Crippen LogP contribution is -2.34. The molecule has 2 saturated heterocycles. The van der Waals surface area contributed by atoms with E-state index in [0.717, 1.165) is 49.4 Å². The predicted molar refractivity (Wildman–Crippen MR) is 109 cm³/mol. The lowest BCUT2D eigenvalue weighted by atomic mass is 10.1. The number of nitrogens with zero attached hydrogens (tertiary/aromatic N) is 3. The van der Waals surface area contributed by atoms with Gasteiger partial charge in [0.05, 0.1) is 11.6 Å². The number of anilines is 2. The molecule has 1 atom stereocenters. The van der Waals surface area contributed by atoms with Gasteiger partial charge in [0.15, 0.2) is 0 Å². The van der Waals surface area contributed by atoms with Crippen LogP contribution in [0, 0.1) is 17.6 Å². The number of pyridine rings is 1. The number of amides is 2. The molecule has 1 aromatic carbocycles. The third-order valence-electron chi connectivity index (χ3n) is 5.67. The van der Waals surface area contributed by atoms with Crippen LogP contribution in [0.3, 0.4) is 0 Å². The molecule has 158 valence electrons. The molecule has 6 nitrogen and oxygen atoms in total. The molecule has 0 aliphatic carbocycles. The minimum absolute atomic E-state index is 0.00339. The van der Waals surface area contributed by atoms with E-state index in [1.165, 1.54) is 17.4 Å². The van der Waals surface area contributed by atoms with Crippen molar-refractivity contribution in [1.29, 1.82) is 0 Å². The molecular formula is C22H24F2N4O2. The van der Waals surface area contributed by atoms with E-state index < -0.39 is 17.6 Å². The molecular weight excluding hydrogens is 390 g/mol. The molecule has 2 aliphatic heterocycles. The van der Waals surface area contributed by atoms with Crippen LogP contribution in [0.5, 0.6) is 0 Å². The van der Waals surface area contributed by atoms with E-state index in [9.17, 15) is 18.4 Å². The fourth-order valence-electron chi connectivity index (χ4n) is 4.10. The average molecular weight is 414 g/mol. The van der Waals surface area contributed by atoms with Crippen molar-refractivity contribution < 1.29 is 18.4 Å². The third-order valence-corrected chi connectivity index (χ3v) is 5.67. The number of halogens is 2. The predicted octanol–water partition coefficient (Wildman–Crippen LogP) is 3.02. The zero-order valence-electron chi connectivity index (χ0n) is 16.6. The monoisotopic (exact) mass is 414 g/mol. The van der Waals surface area contributed by atoms with E-state index in [4.69, 9.17) is 0 Å². The van der Waals surface area contributed by atoms with Crippen molar-refractivity contribution in [2.24, 2.45) is 5.92 Å². The van der Waals surface area contributed by atoms with Crippen molar-refractivity contribution in [3.8, 4) is 0 Å². The second-order valence-electron chi connectivity index (χ2n) is 7.75. The van der Waals surface area contributed by atoms with Gasteiger partial charge in [0.25, 0.3) is 0 Å². The number of hydrogen-bond donors (Lipinski definition) is 1. The highest BCUT2D eigenvalue weighted by molar-refractivity contribution is 6.00. The minimum Gasteiger partial charge on any atom is -0.356 e. The fourth-order valence-corrected chi connectivity index (χ4v) is 4.10. The van der Waals surface area contributed by atoms with Gasteiger partial charge in [-0.3, -0.25) is 9.59 Å². The highest BCUT2D eigenvalue weighted by atomic mass is 19.1. The Morgan fingerprint density at radius 1 is 1.17 bits per heavy atom. The Bertz CT molecular complexity index is 946. The molecule has 0 radical (unpaired) electrons. The summed E-state index contributed by atoms with van der Waals surface area (Å²) in [5.41, 5.74) is 0.926. The number of rotatable bonds is 5. The molecule has 8 heteroatoms. The van der Waals surface area contributed by atoms with Gasteiger partial charge in [-0.25, -0.2) is 13.8 Å². The molecule has 2 aliphatic rings. The number of aromatic nitrogens is 1. The van der Waals surface area contributed by atoms with Gasteiger partial charge in [-0.15, -0.1) is 0 Å². The molecule has 1 unspecified atom stereocenters. The van der Waals surface area contributed by atoms with E-state index >= 15 is 0 Å². The van der Waals surface area contributed by atoms with Crippen LogP contribution in [0.4, 0.5) is 20.3 Å². The van der Waals surface area contributed by atoms with Gasteiger partial charge < -0.3 is 15.1 Å². The Kier molecular flexibility index (Phi) is 5.92. The van der Waals surface area contributed by atoms with Crippen molar-refractivity contribution in [1.82, 2.24) is 10.3 Å². The highest BCUT2D eigenvalue weighted by Crippen LogP contribution is 2.28. The minimum atomic E-state index is -0.814. The molecule has 0 spiro atoms. The van der Waals surface area contributed by atoms with Gasteiger partial charge in [0.2, 0.25) is 11.8 Å². The quantitative estimate of drug-likeness (QED) is 0.817. The molecule has 3 heterocycles. The normalized spacial score (nSPS) is 19.3. The number of benzene rings is 1. The van der Waals surface area contributed by atoms with Crippen LogP contribution in [0.2, 0.25) is 0 Å². The summed E-state index contributed by atoms with van der Waals surface area (Å²) in [5, 5.41) is 2.90. The van der Waals surface area contributed by atoms with Crippen molar-refractivity contribution >= 4 is 23.3 Å². The second kappa shape index (κ2) is 8.77. The maximum atomic E-state index is 14.0. The largest absolute Gasteiger partial charge is 0.356 e. The number of hydrogen-bond acceptors (Lipinski definition) is 4. The molecule has 0 saturated carbocycles. The van der Waals surface area contributed by atoms with Crippen molar-refractivity contribution in [2.45, 2.75) is 32.2 Å². The Morgan fingerprint density at radius 2 is 1.97 bits per heavy atom. The molecule has 30 heavy (non-hydrogen) atoms. The summed E-state index contributed by atoms with van der Waals surface area (Å²) in [5.74, 6) is -1.84. The molecule has 4 rings (SSSR count). The van der Waals surface area contributed by atoms with Crippen LogP contribution in [0.25, 0.3) is 0 Å². The zero-order valence-corrected chi connectivity index (χ0v) is 16.6. The van der Waals surface area contributed by atoms with Crippen LogP contribution in [-0.4, -0.2) is 36.4 Å². The maximum Gasteiger partial charge on any atom is 0.227 e. The summed E-state index contributed by atoms with van der Waals surface area (Å²) in [7, 11) is 0. The van der Waals surface area contributed by atoms with E-state index in [2.05, 4.69) is 15.2 Å². The fraction of sp³-hybridized carbons (Fsp3) is 0.409. The van der Waals surface area contributed by atoms with E-state index in [1.807, 2.05) is 12.1 Å². The van der Waals surface area contributed by atoms with Gasteiger partial charge in [0, 0.05) is 50.4 Å². The number of nitrogens with one attached hydrogen (secondary N) is 1. The van der Waals surface area contributed by atoms with E-state index in [1.54, 1.807) is 6.20 Å². The van der Waals surface area contributed by atoms with Crippen molar-refractivity contribution in [3.05, 3.63) is 53.7 Å². The number of carbonyl (C=O) groups excluding carboxylic acids is 2. The van der Waals surface area contributed by atoms with Crippen LogP contribution in [0.15, 0.2) is 36.5 Å². The summed E-state index contributed by atoms with van der Waals surface area (Å²) in [6.45, 7) is 2.29. The number of piperidine rings is 1. The average Bonchev–Trinajstić information content (AvgIpc) is 3.14. The molecule has 2 fully saturated rings. The Hall–Kier alpha value is -3.03. The molecule has 1 N–H and O–H groups in total. The number of carbonyl (C=O) groups is 2. The summed E-state index contributed by atoms with van der Waals surface area (Å²) in [6.07, 6.45) is 5.22. The van der Waals surface area contributed by atoms with Crippen LogP contribution in [-0.2, 0) is 16.1 Å². The van der Waals surface area contributed by atoms with Gasteiger partial charge in [0.1, 0.15) is 17.5 Å². The SMILES string of the molecule is O=C(NCc1cccnc1N1CCCCC1)C1CC(=O)N(c2ccc(F)cc2F)C1. The zero-order chi connectivity index (χ0) is 21.1. The van der Waals surface area contributed by atoms with Gasteiger partial charge in [-0.1, -0.05) is 6.07 Å². The van der Waals surface area contributed by atoms with Crippen molar-refractivity contribution in [3.63, 3.8) is 0 Å². The molecule has 1 aromatic heterocycles. The molecule has 2 amide bonds. The summed E-state index contributed by atoms with van der Waals surface area (Å²) in [6, 6.07) is 6.85. The Morgan fingerprint density at radius 3 is 2.73 bits per heavy atom. The summed E-state index contributed by atoms with van der Waals surface area (Å²) < 4.78 is 27.2. The van der Waals surface area contributed by atoms with E-state index in [-0.39, 0.29) is 30.5 Å². The van der Waals surface area contributed by atoms with Gasteiger partial charge in [-0.2, -0.15) is 0 Å². The first kappa shape index (κ1) is 20.3. The van der Waals surface area contributed by atoms with Crippen LogP contribution in [0.1, 0.15) is 31.2 Å². The lowest BCUT2D eigenvalue weighted by Gasteiger charge is -2.29. The summed E-state index contributed by atoms with van der Waals surface area (Å²) in [4.78, 5) is 33.0. The van der Waals surface area contributed by atoms with Crippen molar-refractivity contribution in [2.75, 3.05) is 29.4 Å². The third kappa shape index (κ3) is 4.27. The molecule has 0 bridgehead atoms. The molecule has 2 aromatic rings. The Labute approximate surface area is 173 Å². The maximum absolute atomic E-state index is 14.0. The summed E-state index contributed by atoms with van der Waals surface area (Å²) >= 11 is 0. The van der Waals surface area contributed by atoms with Crippen LogP contribution >= 0.6 is 0 Å². The van der Waals surface area contributed by atoms with Gasteiger partial charge >= 0.3 is 0 Å². The standard InChI is InChI=1S/C22H24F2N4O2/c23-17-6-7-19(18(24)12-17)28-14-16(11-20(28)29)22(30)26-13-15-5-4-8-25-21(15)27-9-2-1-3-10-27/h4-8,12,16H,1-3,9-11,13-14H2,(H,26,30). The first-order valence-corrected chi connectivity index (χ1v) is 10.2. The smallest absolute Gasteiger partial charge is 0.227 e. The highest BCUT2D eigenvalue weighted by Gasteiger charge is 2.36. The first-order chi connectivity index (χ1) is 14.5. The topological polar surface area (TPSA) is 65.5 Å². The second-order valence-corrected chi connectivity index (χ2v) is 7.75. The van der Waals surface area contributed by atoms with Crippen LogP contribution < -0.4 is 15.1 Å². The van der Waals surface area contributed by atoms with E-state index in [0.29, 0.717) is 6.54 Å². The lowest BCUT2D eigenvalue weighted by molar-refractivity contribution is -0.126.